The van der Waals surface area contributed by atoms with Crippen LogP contribution >= 0.6 is 0 Å². The van der Waals surface area contributed by atoms with Crippen molar-refractivity contribution in [1.29, 1.82) is 0 Å². The largest absolute Gasteiger partial charge is 0.497 e. The predicted octanol–water partition coefficient (Wildman–Crippen LogP) is 3.16. The summed E-state index contributed by atoms with van der Waals surface area (Å²) in [6, 6.07) is 16.5. The molecule has 0 atom stereocenters. The molecule has 0 unspecified atom stereocenters. The molecule has 0 bridgehead atoms. The molecule has 6 nitrogen and oxygen atoms in total. The average Bonchev–Trinajstić information content (AvgIpc) is 2.70. The Morgan fingerprint density at radius 1 is 1.00 bits per heavy atom. The van der Waals surface area contributed by atoms with Crippen LogP contribution in [-0.4, -0.2) is 25.1 Å². The first kappa shape index (κ1) is 17.3. The van der Waals surface area contributed by atoms with Gasteiger partial charge in [0.2, 0.25) is 0 Å². The number of para-hydroxylation sites is 1. The monoisotopic (exact) mass is 349 g/mol. The number of fused-ring (bicyclic) bond motifs is 1. The van der Waals surface area contributed by atoms with Gasteiger partial charge in [-0.3, -0.25) is 15.6 Å². The number of rotatable bonds is 6. The van der Waals surface area contributed by atoms with Gasteiger partial charge in [-0.1, -0.05) is 30.8 Å². The van der Waals surface area contributed by atoms with Gasteiger partial charge in [0, 0.05) is 17.0 Å². The van der Waals surface area contributed by atoms with Crippen LogP contribution in [0.25, 0.3) is 16.6 Å². The lowest BCUT2D eigenvalue weighted by atomic mass is 10.1. The minimum absolute atomic E-state index is 0.311. The standard InChI is InChI=1S/C20H19N3O3/c1-13(16-10-9-15(25-2)12-19(16)26-3)22-23-20(24)18-11-8-14-6-4-5-7-17(14)21-18/h4-12,22H,1H2,2-3H3,(H,23,24). The number of amides is 1. The molecule has 0 saturated carbocycles. The second kappa shape index (κ2) is 7.57. The van der Waals surface area contributed by atoms with E-state index in [1.54, 1.807) is 38.5 Å². The van der Waals surface area contributed by atoms with Gasteiger partial charge >= 0.3 is 0 Å². The maximum atomic E-state index is 12.4. The van der Waals surface area contributed by atoms with E-state index in [1.165, 1.54) is 0 Å². The Morgan fingerprint density at radius 2 is 1.81 bits per heavy atom. The number of hydrogen-bond donors (Lipinski definition) is 2. The average molecular weight is 349 g/mol. The maximum Gasteiger partial charge on any atom is 0.288 e. The molecule has 0 aliphatic heterocycles. The van der Waals surface area contributed by atoms with Crippen molar-refractivity contribution >= 4 is 22.5 Å². The molecule has 0 radical (unpaired) electrons. The third-order valence-electron chi connectivity index (χ3n) is 3.89. The molecule has 0 aliphatic carbocycles. The van der Waals surface area contributed by atoms with Crippen LogP contribution in [0.2, 0.25) is 0 Å². The second-order valence-electron chi connectivity index (χ2n) is 5.51. The van der Waals surface area contributed by atoms with Gasteiger partial charge in [0.1, 0.15) is 17.2 Å². The molecule has 26 heavy (non-hydrogen) atoms. The van der Waals surface area contributed by atoms with Gasteiger partial charge in [-0.15, -0.1) is 0 Å². The van der Waals surface area contributed by atoms with Crippen LogP contribution in [-0.2, 0) is 0 Å². The number of ether oxygens (including phenoxy) is 2. The summed E-state index contributed by atoms with van der Waals surface area (Å²) in [7, 11) is 3.14. The van der Waals surface area contributed by atoms with E-state index in [9.17, 15) is 4.79 Å². The number of pyridine rings is 1. The zero-order valence-electron chi connectivity index (χ0n) is 14.6. The van der Waals surface area contributed by atoms with Crippen LogP contribution in [0.15, 0.2) is 61.2 Å². The summed E-state index contributed by atoms with van der Waals surface area (Å²) in [4.78, 5) is 16.7. The van der Waals surface area contributed by atoms with Gasteiger partial charge in [0.15, 0.2) is 0 Å². The Morgan fingerprint density at radius 3 is 2.58 bits per heavy atom. The van der Waals surface area contributed by atoms with Crippen molar-refractivity contribution in [2.24, 2.45) is 0 Å². The first-order chi connectivity index (χ1) is 12.6. The smallest absolute Gasteiger partial charge is 0.288 e. The van der Waals surface area contributed by atoms with E-state index >= 15 is 0 Å². The van der Waals surface area contributed by atoms with Crippen molar-refractivity contribution in [3.8, 4) is 11.5 Å². The van der Waals surface area contributed by atoms with E-state index in [0.717, 1.165) is 10.9 Å². The zero-order valence-corrected chi connectivity index (χ0v) is 14.6. The minimum Gasteiger partial charge on any atom is -0.497 e. The molecule has 1 heterocycles. The van der Waals surface area contributed by atoms with Gasteiger partial charge in [0.05, 0.1) is 25.4 Å². The first-order valence-corrected chi connectivity index (χ1v) is 7.96. The van der Waals surface area contributed by atoms with Gasteiger partial charge in [-0.05, 0) is 24.3 Å². The van der Waals surface area contributed by atoms with Gasteiger partial charge in [-0.25, -0.2) is 4.98 Å². The summed E-state index contributed by atoms with van der Waals surface area (Å²) in [6.07, 6.45) is 0. The zero-order chi connectivity index (χ0) is 18.5. The topological polar surface area (TPSA) is 72.5 Å². The number of aromatic nitrogens is 1. The predicted molar refractivity (Wildman–Crippen MR) is 101 cm³/mol. The lowest BCUT2D eigenvalue weighted by Gasteiger charge is -2.15. The second-order valence-corrected chi connectivity index (χ2v) is 5.51. The third kappa shape index (κ3) is 3.59. The molecule has 2 N–H and O–H groups in total. The van der Waals surface area contributed by atoms with E-state index in [2.05, 4.69) is 22.4 Å². The highest BCUT2D eigenvalue weighted by atomic mass is 16.5. The normalized spacial score (nSPS) is 10.2. The quantitative estimate of drug-likeness (QED) is 0.669. The van der Waals surface area contributed by atoms with Crippen LogP contribution in [0.5, 0.6) is 11.5 Å². The summed E-state index contributed by atoms with van der Waals surface area (Å²) in [5, 5.41) is 0.976. The molecule has 3 rings (SSSR count). The third-order valence-corrected chi connectivity index (χ3v) is 3.89. The molecule has 1 aromatic heterocycles. The molecular formula is C20H19N3O3. The Hall–Kier alpha value is -3.54. The fraction of sp³-hybridized carbons (Fsp3) is 0.100. The number of carbonyl (C=O) groups excluding carboxylic acids is 1. The minimum atomic E-state index is -0.357. The number of hydrogen-bond acceptors (Lipinski definition) is 5. The number of carbonyl (C=O) groups is 1. The molecule has 0 spiro atoms. The Kier molecular flexibility index (Phi) is 5.03. The SMILES string of the molecule is C=C(NNC(=O)c1ccc2ccccc2n1)c1ccc(OC)cc1OC. The summed E-state index contributed by atoms with van der Waals surface area (Å²) >= 11 is 0. The number of hydrazine groups is 1. The lowest BCUT2D eigenvalue weighted by Crippen LogP contribution is -2.36. The summed E-state index contributed by atoms with van der Waals surface area (Å²) in [6.45, 7) is 3.94. The summed E-state index contributed by atoms with van der Waals surface area (Å²) in [5.74, 6) is 0.895. The fourth-order valence-electron chi connectivity index (χ4n) is 2.50. The molecule has 0 aliphatic rings. The Labute approximate surface area is 151 Å². The van der Waals surface area contributed by atoms with Crippen LogP contribution in [0.1, 0.15) is 16.1 Å². The van der Waals surface area contributed by atoms with Crippen LogP contribution in [0.3, 0.4) is 0 Å². The van der Waals surface area contributed by atoms with E-state index < -0.39 is 0 Å². The van der Waals surface area contributed by atoms with Crippen molar-refractivity contribution in [2.75, 3.05) is 14.2 Å². The number of nitrogens with one attached hydrogen (secondary N) is 2. The van der Waals surface area contributed by atoms with E-state index in [4.69, 9.17) is 9.47 Å². The number of nitrogens with zero attached hydrogens (tertiary/aromatic N) is 1. The fourth-order valence-corrected chi connectivity index (χ4v) is 2.50. The Balaban J connectivity index is 1.71. The van der Waals surface area contributed by atoms with Crippen molar-refractivity contribution in [2.45, 2.75) is 0 Å². The molecule has 0 saturated heterocycles. The van der Waals surface area contributed by atoms with Crippen molar-refractivity contribution in [1.82, 2.24) is 15.8 Å². The molecular weight excluding hydrogens is 330 g/mol. The summed E-state index contributed by atoms with van der Waals surface area (Å²) in [5.41, 5.74) is 7.67. The lowest BCUT2D eigenvalue weighted by molar-refractivity contribution is 0.0938. The van der Waals surface area contributed by atoms with Gasteiger partial charge < -0.3 is 9.47 Å². The van der Waals surface area contributed by atoms with E-state index in [1.807, 2.05) is 30.3 Å². The highest BCUT2D eigenvalue weighted by Gasteiger charge is 2.11. The molecule has 3 aromatic rings. The van der Waals surface area contributed by atoms with E-state index in [-0.39, 0.29) is 5.91 Å². The highest BCUT2D eigenvalue weighted by Crippen LogP contribution is 2.28. The van der Waals surface area contributed by atoms with Crippen LogP contribution in [0, 0.1) is 0 Å². The van der Waals surface area contributed by atoms with Crippen LogP contribution in [0.4, 0.5) is 0 Å². The highest BCUT2D eigenvalue weighted by molar-refractivity contribution is 5.95. The maximum absolute atomic E-state index is 12.4. The molecule has 132 valence electrons. The number of benzene rings is 2. The van der Waals surface area contributed by atoms with Crippen LogP contribution < -0.4 is 20.3 Å². The molecule has 2 aromatic carbocycles. The van der Waals surface area contributed by atoms with E-state index in [0.29, 0.717) is 28.5 Å². The van der Waals surface area contributed by atoms with Gasteiger partial charge in [-0.2, -0.15) is 0 Å². The first-order valence-electron chi connectivity index (χ1n) is 7.96. The molecule has 0 fully saturated rings. The van der Waals surface area contributed by atoms with Crippen molar-refractivity contribution in [3.63, 3.8) is 0 Å². The van der Waals surface area contributed by atoms with Crippen molar-refractivity contribution < 1.29 is 14.3 Å². The van der Waals surface area contributed by atoms with Crippen molar-refractivity contribution in [3.05, 3.63) is 72.4 Å². The molecule has 6 heteroatoms. The molecule has 1 amide bonds. The summed E-state index contributed by atoms with van der Waals surface area (Å²) < 4.78 is 10.5. The number of methoxy groups -OCH3 is 2. The Bertz CT molecular complexity index is 969. The van der Waals surface area contributed by atoms with Gasteiger partial charge in [0.25, 0.3) is 5.91 Å².